The molecule has 0 atom stereocenters. The van der Waals surface area contributed by atoms with E-state index in [1.807, 2.05) is 36.5 Å². The van der Waals surface area contributed by atoms with Crippen molar-refractivity contribution in [1.82, 2.24) is 9.99 Å². The normalized spacial score (nSPS) is 11.5. The summed E-state index contributed by atoms with van der Waals surface area (Å²) in [5.74, 6) is -0.231. The van der Waals surface area contributed by atoms with Crippen LogP contribution in [0.1, 0.15) is 22.4 Å². The minimum atomic E-state index is -0.231. The Kier molecular flexibility index (Phi) is 6.07. The van der Waals surface area contributed by atoms with E-state index in [0.717, 1.165) is 33.3 Å². The molecule has 1 N–H and O–H groups in total. The highest BCUT2D eigenvalue weighted by molar-refractivity contribution is 6.35. The summed E-state index contributed by atoms with van der Waals surface area (Å²) < 4.78 is 15.5. The predicted octanol–water partition coefficient (Wildman–Crippen LogP) is 6.57. The second-order valence-corrected chi connectivity index (χ2v) is 7.84. The Balaban J connectivity index is 1.60. The second-order valence-electron chi connectivity index (χ2n) is 7.02. The Morgan fingerprint density at radius 1 is 0.967 bits per heavy atom. The van der Waals surface area contributed by atoms with Crippen LogP contribution in [-0.2, 0) is 13.1 Å². The number of halogens is 3. The van der Waals surface area contributed by atoms with Gasteiger partial charge in [-0.25, -0.2) is 4.39 Å². The molecule has 152 valence electrons. The number of nitrogens with zero attached hydrogens (tertiary/aromatic N) is 2. The third kappa shape index (κ3) is 4.20. The molecule has 4 aromatic rings. The van der Waals surface area contributed by atoms with E-state index >= 15 is 0 Å². The summed E-state index contributed by atoms with van der Waals surface area (Å²) in [5.41, 5.74) is 8.11. The number of rotatable bonds is 6. The van der Waals surface area contributed by atoms with Crippen LogP contribution in [0, 0.1) is 12.7 Å². The third-order valence-corrected chi connectivity index (χ3v) is 5.84. The standard InChI is InChI=1S/C24H20Cl2FN3/c1-16-20(13-28-29-14-21-22(25)6-4-7-23(21)26)19-5-2-3-8-24(19)30(16)15-17-9-11-18(27)12-10-17/h2-13,29H,14-15H2,1H3/b28-13-. The molecule has 0 fully saturated rings. The SMILES string of the molecule is Cc1c(/C=N\NCc2c(Cl)cccc2Cl)c2ccccc2n1Cc1ccc(F)cc1. The van der Waals surface area contributed by atoms with Gasteiger partial charge in [0.1, 0.15) is 5.82 Å². The van der Waals surface area contributed by atoms with E-state index in [1.165, 1.54) is 12.1 Å². The second kappa shape index (κ2) is 8.90. The molecule has 1 aromatic heterocycles. The molecule has 0 saturated heterocycles. The van der Waals surface area contributed by atoms with E-state index in [0.29, 0.717) is 23.1 Å². The van der Waals surface area contributed by atoms with Crippen molar-refractivity contribution < 1.29 is 4.39 Å². The number of hydrogen-bond donors (Lipinski definition) is 1. The number of hydrazone groups is 1. The fourth-order valence-corrected chi connectivity index (χ4v) is 4.06. The highest BCUT2D eigenvalue weighted by Gasteiger charge is 2.13. The number of para-hydroxylation sites is 1. The molecule has 0 aliphatic heterocycles. The monoisotopic (exact) mass is 439 g/mol. The predicted molar refractivity (Wildman–Crippen MR) is 123 cm³/mol. The summed E-state index contributed by atoms with van der Waals surface area (Å²) in [7, 11) is 0. The van der Waals surface area contributed by atoms with Gasteiger partial charge in [0.2, 0.25) is 0 Å². The summed E-state index contributed by atoms with van der Waals surface area (Å²) in [4.78, 5) is 0. The van der Waals surface area contributed by atoms with Crippen molar-refractivity contribution in [3.63, 3.8) is 0 Å². The summed E-state index contributed by atoms with van der Waals surface area (Å²) in [6.07, 6.45) is 1.82. The molecule has 0 spiro atoms. The number of fused-ring (bicyclic) bond motifs is 1. The lowest BCUT2D eigenvalue weighted by atomic mass is 10.1. The van der Waals surface area contributed by atoms with Crippen LogP contribution in [0.25, 0.3) is 10.9 Å². The first-order chi connectivity index (χ1) is 14.5. The Hall–Kier alpha value is -2.82. The zero-order valence-corrected chi connectivity index (χ0v) is 17.9. The van der Waals surface area contributed by atoms with Crippen molar-refractivity contribution in [2.24, 2.45) is 5.10 Å². The zero-order chi connectivity index (χ0) is 21.1. The number of benzene rings is 3. The summed E-state index contributed by atoms with van der Waals surface area (Å²) in [6.45, 7) is 3.15. The highest BCUT2D eigenvalue weighted by Crippen LogP contribution is 2.26. The van der Waals surface area contributed by atoms with Gasteiger partial charge in [-0.1, -0.05) is 59.6 Å². The Bertz CT molecular complexity index is 1190. The van der Waals surface area contributed by atoms with E-state index in [4.69, 9.17) is 23.2 Å². The van der Waals surface area contributed by atoms with Crippen molar-refractivity contribution in [1.29, 1.82) is 0 Å². The van der Waals surface area contributed by atoms with Gasteiger partial charge in [0, 0.05) is 44.3 Å². The summed E-state index contributed by atoms with van der Waals surface area (Å²) in [5, 5.41) is 6.73. The Morgan fingerprint density at radius 3 is 2.40 bits per heavy atom. The van der Waals surface area contributed by atoms with Gasteiger partial charge in [0.25, 0.3) is 0 Å². The van der Waals surface area contributed by atoms with E-state index in [1.54, 1.807) is 12.1 Å². The lowest BCUT2D eigenvalue weighted by molar-refractivity contribution is 0.626. The Labute approximate surface area is 184 Å². The lowest BCUT2D eigenvalue weighted by Crippen LogP contribution is -2.07. The van der Waals surface area contributed by atoms with Gasteiger partial charge in [0.05, 0.1) is 12.8 Å². The van der Waals surface area contributed by atoms with Crippen molar-refractivity contribution in [3.05, 3.63) is 105 Å². The van der Waals surface area contributed by atoms with Crippen molar-refractivity contribution in [2.45, 2.75) is 20.0 Å². The van der Waals surface area contributed by atoms with Gasteiger partial charge >= 0.3 is 0 Å². The van der Waals surface area contributed by atoms with Gasteiger partial charge in [-0.2, -0.15) is 5.10 Å². The minimum Gasteiger partial charge on any atom is -0.340 e. The molecule has 3 aromatic carbocycles. The maximum atomic E-state index is 13.3. The lowest BCUT2D eigenvalue weighted by Gasteiger charge is -2.09. The average molecular weight is 440 g/mol. The molecule has 0 aliphatic carbocycles. The van der Waals surface area contributed by atoms with Crippen LogP contribution in [0.4, 0.5) is 4.39 Å². The van der Waals surface area contributed by atoms with Crippen molar-refractivity contribution >= 4 is 40.3 Å². The quantitative estimate of drug-likeness (QED) is 0.267. The first-order valence-corrected chi connectivity index (χ1v) is 10.3. The number of hydrogen-bond acceptors (Lipinski definition) is 2. The number of aromatic nitrogens is 1. The van der Waals surface area contributed by atoms with Gasteiger partial charge in [-0.15, -0.1) is 0 Å². The smallest absolute Gasteiger partial charge is 0.123 e. The molecule has 0 unspecified atom stereocenters. The van der Waals surface area contributed by atoms with Gasteiger partial charge in [-0.3, -0.25) is 0 Å². The van der Waals surface area contributed by atoms with Gasteiger partial charge in [-0.05, 0) is 42.8 Å². The average Bonchev–Trinajstić information content (AvgIpc) is 3.00. The number of nitrogens with one attached hydrogen (secondary N) is 1. The van der Waals surface area contributed by atoms with E-state index < -0.39 is 0 Å². The van der Waals surface area contributed by atoms with Crippen LogP contribution in [0.3, 0.4) is 0 Å². The molecule has 0 saturated carbocycles. The van der Waals surface area contributed by atoms with Crippen LogP contribution < -0.4 is 5.43 Å². The van der Waals surface area contributed by atoms with E-state index in [-0.39, 0.29) is 5.82 Å². The molecule has 0 radical (unpaired) electrons. The molecule has 30 heavy (non-hydrogen) atoms. The van der Waals surface area contributed by atoms with E-state index in [9.17, 15) is 4.39 Å². The fourth-order valence-electron chi connectivity index (χ4n) is 3.53. The molecule has 0 aliphatic rings. The molecule has 6 heteroatoms. The topological polar surface area (TPSA) is 29.3 Å². The largest absolute Gasteiger partial charge is 0.340 e. The van der Waals surface area contributed by atoms with Crippen LogP contribution in [0.15, 0.2) is 71.8 Å². The minimum absolute atomic E-state index is 0.231. The Morgan fingerprint density at radius 2 is 1.67 bits per heavy atom. The first kappa shape index (κ1) is 20.5. The van der Waals surface area contributed by atoms with Crippen LogP contribution in [-0.4, -0.2) is 10.8 Å². The summed E-state index contributed by atoms with van der Waals surface area (Å²) >= 11 is 12.4. The third-order valence-electron chi connectivity index (χ3n) is 5.14. The maximum absolute atomic E-state index is 13.3. The van der Waals surface area contributed by atoms with Crippen molar-refractivity contribution in [3.8, 4) is 0 Å². The zero-order valence-electron chi connectivity index (χ0n) is 16.4. The maximum Gasteiger partial charge on any atom is 0.123 e. The van der Waals surface area contributed by atoms with Crippen LogP contribution in [0.5, 0.6) is 0 Å². The first-order valence-electron chi connectivity index (χ1n) is 9.55. The van der Waals surface area contributed by atoms with Gasteiger partial charge in [0.15, 0.2) is 0 Å². The molecule has 3 nitrogen and oxygen atoms in total. The summed E-state index contributed by atoms with van der Waals surface area (Å²) in [6, 6.07) is 20.2. The fraction of sp³-hybridized carbons (Fsp3) is 0.125. The highest BCUT2D eigenvalue weighted by atomic mass is 35.5. The van der Waals surface area contributed by atoms with Crippen LogP contribution >= 0.6 is 23.2 Å². The molecule has 4 rings (SSSR count). The molecule has 0 amide bonds. The van der Waals surface area contributed by atoms with Gasteiger partial charge < -0.3 is 9.99 Å². The van der Waals surface area contributed by atoms with Crippen LogP contribution in [0.2, 0.25) is 10.0 Å². The molecule has 0 bridgehead atoms. The van der Waals surface area contributed by atoms with Crippen molar-refractivity contribution in [2.75, 3.05) is 0 Å². The molecular formula is C24H20Cl2FN3. The van der Waals surface area contributed by atoms with E-state index in [2.05, 4.69) is 34.2 Å². The molecule has 1 heterocycles. The molecular weight excluding hydrogens is 420 g/mol.